The topological polar surface area (TPSA) is 92.6 Å². The maximum atomic E-state index is 13.0. The fourth-order valence-corrected chi connectivity index (χ4v) is 3.15. The first kappa shape index (κ1) is 14.9. The lowest BCUT2D eigenvalue weighted by Crippen LogP contribution is -2.29. The zero-order chi connectivity index (χ0) is 16.7. The molecular weight excluding hydrogens is 310 g/mol. The van der Waals surface area contributed by atoms with Gasteiger partial charge in [-0.2, -0.15) is 0 Å². The first-order valence-corrected chi connectivity index (χ1v) is 7.88. The number of carbonyl (C=O) groups excluding carboxylic acids is 1. The Morgan fingerprint density at radius 1 is 1.50 bits per heavy atom. The predicted molar refractivity (Wildman–Crippen MR) is 85.3 cm³/mol. The van der Waals surface area contributed by atoms with Gasteiger partial charge in [-0.1, -0.05) is 5.16 Å². The number of amides is 1. The summed E-state index contributed by atoms with van der Waals surface area (Å²) in [4.78, 5) is 19.2. The Balaban J connectivity index is 1.81. The van der Waals surface area contributed by atoms with Crippen molar-refractivity contribution in [1.29, 1.82) is 0 Å². The second-order valence-electron chi connectivity index (χ2n) is 6.07. The molecule has 0 aromatic carbocycles. The van der Waals surface area contributed by atoms with E-state index in [0.717, 1.165) is 6.42 Å². The molecule has 0 saturated carbocycles. The Bertz CT molecular complexity index is 885. The Labute approximate surface area is 137 Å². The fraction of sp³-hybridized carbons (Fsp3) is 0.353. The van der Waals surface area contributed by atoms with Gasteiger partial charge in [-0.3, -0.25) is 4.79 Å². The van der Waals surface area contributed by atoms with Crippen LogP contribution in [0.15, 0.2) is 33.4 Å². The molecular formula is C17H17N3O4. The highest BCUT2D eigenvalue weighted by molar-refractivity contribution is 6.07. The molecule has 1 saturated heterocycles. The van der Waals surface area contributed by atoms with Gasteiger partial charge in [0.25, 0.3) is 11.6 Å². The van der Waals surface area contributed by atoms with Gasteiger partial charge in [0.05, 0.1) is 22.9 Å². The molecule has 0 bridgehead atoms. The van der Waals surface area contributed by atoms with Crippen molar-refractivity contribution >= 4 is 17.0 Å². The average Bonchev–Trinajstić information content (AvgIpc) is 3.34. The van der Waals surface area contributed by atoms with Gasteiger partial charge in [0, 0.05) is 25.6 Å². The standard InChI is InChI=1S/C17H17N3O4/c1-10-15-12(17(22)20-5-4-11(8-20)9-21)7-13(14-3-2-6-23-14)18-16(15)24-19-10/h2-3,6-7,11,21H,4-5,8-9H2,1H3. The first-order valence-electron chi connectivity index (χ1n) is 7.88. The van der Waals surface area contributed by atoms with Crippen LogP contribution in [0.4, 0.5) is 0 Å². The Morgan fingerprint density at radius 3 is 3.08 bits per heavy atom. The van der Waals surface area contributed by atoms with Crippen molar-refractivity contribution in [3.05, 3.63) is 35.7 Å². The highest BCUT2D eigenvalue weighted by atomic mass is 16.5. The molecule has 7 heteroatoms. The van der Waals surface area contributed by atoms with Crippen LogP contribution in [0.2, 0.25) is 0 Å². The normalized spacial score (nSPS) is 17.8. The minimum atomic E-state index is -0.0996. The third-order valence-corrected chi connectivity index (χ3v) is 4.45. The lowest BCUT2D eigenvalue weighted by molar-refractivity contribution is 0.0783. The SMILES string of the molecule is Cc1noc2nc(-c3ccco3)cc(C(=O)N3CCC(CO)C3)c12. The van der Waals surface area contributed by atoms with Crippen molar-refractivity contribution in [3.8, 4) is 11.5 Å². The molecule has 1 amide bonds. The van der Waals surface area contributed by atoms with Crippen molar-refractivity contribution < 1.29 is 18.8 Å². The Hall–Kier alpha value is -2.67. The number of nitrogens with zero attached hydrogens (tertiary/aromatic N) is 3. The van der Waals surface area contributed by atoms with E-state index in [1.807, 2.05) is 0 Å². The molecule has 1 fully saturated rings. The minimum Gasteiger partial charge on any atom is -0.463 e. The van der Waals surface area contributed by atoms with Gasteiger partial charge in [0.2, 0.25) is 0 Å². The van der Waals surface area contributed by atoms with E-state index in [4.69, 9.17) is 8.94 Å². The molecule has 1 N–H and O–H groups in total. The summed E-state index contributed by atoms with van der Waals surface area (Å²) in [6.07, 6.45) is 2.37. The lowest BCUT2D eigenvalue weighted by atomic mass is 10.1. The number of aliphatic hydroxyl groups is 1. The van der Waals surface area contributed by atoms with Gasteiger partial charge in [-0.25, -0.2) is 4.98 Å². The number of rotatable bonds is 3. The zero-order valence-corrected chi connectivity index (χ0v) is 13.2. The van der Waals surface area contributed by atoms with Crippen LogP contribution in [0.5, 0.6) is 0 Å². The quantitative estimate of drug-likeness (QED) is 0.793. The van der Waals surface area contributed by atoms with Crippen LogP contribution in [0.3, 0.4) is 0 Å². The maximum absolute atomic E-state index is 13.0. The van der Waals surface area contributed by atoms with Crippen molar-refractivity contribution in [3.63, 3.8) is 0 Å². The van der Waals surface area contributed by atoms with E-state index >= 15 is 0 Å². The molecule has 0 aliphatic carbocycles. The molecule has 4 rings (SSSR count). The van der Waals surface area contributed by atoms with Crippen LogP contribution in [-0.4, -0.2) is 45.8 Å². The number of aliphatic hydroxyl groups excluding tert-OH is 1. The number of furan rings is 1. The number of hydrogen-bond donors (Lipinski definition) is 1. The Morgan fingerprint density at radius 2 is 2.38 bits per heavy atom. The summed E-state index contributed by atoms with van der Waals surface area (Å²) < 4.78 is 10.7. The molecule has 3 aromatic rings. The number of likely N-dealkylation sites (tertiary alicyclic amines) is 1. The summed E-state index contributed by atoms with van der Waals surface area (Å²) in [5, 5.41) is 13.9. The van der Waals surface area contributed by atoms with Crippen LogP contribution >= 0.6 is 0 Å². The second-order valence-corrected chi connectivity index (χ2v) is 6.07. The van der Waals surface area contributed by atoms with Crippen LogP contribution < -0.4 is 0 Å². The molecule has 0 spiro atoms. The molecule has 1 atom stereocenters. The number of hydrogen-bond acceptors (Lipinski definition) is 6. The molecule has 124 valence electrons. The van der Waals surface area contributed by atoms with Crippen molar-refractivity contribution in [2.75, 3.05) is 19.7 Å². The zero-order valence-electron chi connectivity index (χ0n) is 13.2. The number of carbonyl (C=O) groups is 1. The van der Waals surface area contributed by atoms with Crippen LogP contribution in [0.25, 0.3) is 22.6 Å². The van der Waals surface area contributed by atoms with Gasteiger partial charge < -0.3 is 18.9 Å². The minimum absolute atomic E-state index is 0.0967. The monoisotopic (exact) mass is 327 g/mol. The van der Waals surface area contributed by atoms with E-state index in [0.29, 0.717) is 46.9 Å². The predicted octanol–water partition coefficient (Wildman–Crippen LogP) is 2.25. The van der Waals surface area contributed by atoms with E-state index in [1.165, 1.54) is 0 Å². The molecule has 1 aliphatic rings. The van der Waals surface area contributed by atoms with Crippen molar-refractivity contribution in [1.82, 2.24) is 15.0 Å². The number of fused-ring (bicyclic) bond motifs is 1. The summed E-state index contributed by atoms with van der Waals surface area (Å²) >= 11 is 0. The van der Waals surface area contributed by atoms with Crippen LogP contribution in [0, 0.1) is 12.8 Å². The van der Waals surface area contributed by atoms with Gasteiger partial charge >= 0.3 is 0 Å². The number of pyridine rings is 1. The highest BCUT2D eigenvalue weighted by Gasteiger charge is 2.29. The third-order valence-electron chi connectivity index (χ3n) is 4.45. The van der Waals surface area contributed by atoms with Gasteiger partial charge in [0.1, 0.15) is 5.69 Å². The molecule has 24 heavy (non-hydrogen) atoms. The smallest absolute Gasteiger partial charge is 0.259 e. The van der Waals surface area contributed by atoms with Crippen molar-refractivity contribution in [2.45, 2.75) is 13.3 Å². The number of aromatic nitrogens is 2. The largest absolute Gasteiger partial charge is 0.463 e. The van der Waals surface area contributed by atoms with E-state index in [2.05, 4.69) is 10.1 Å². The second kappa shape index (κ2) is 5.76. The summed E-state index contributed by atoms with van der Waals surface area (Å²) in [6.45, 7) is 3.07. The maximum Gasteiger partial charge on any atom is 0.259 e. The molecule has 7 nitrogen and oxygen atoms in total. The fourth-order valence-electron chi connectivity index (χ4n) is 3.15. The highest BCUT2D eigenvalue weighted by Crippen LogP contribution is 2.29. The number of aryl methyl sites for hydroxylation is 1. The first-order chi connectivity index (χ1) is 11.7. The van der Waals surface area contributed by atoms with Crippen LogP contribution in [0.1, 0.15) is 22.5 Å². The van der Waals surface area contributed by atoms with Crippen molar-refractivity contribution in [2.24, 2.45) is 5.92 Å². The van der Waals surface area contributed by atoms with E-state index in [9.17, 15) is 9.90 Å². The summed E-state index contributed by atoms with van der Waals surface area (Å²) in [5.74, 6) is 0.603. The molecule has 1 aliphatic heterocycles. The summed E-state index contributed by atoms with van der Waals surface area (Å²) in [7, 11) is 0. The van der Waals surface area contributed by atoms with E-state index < -0.39 is 0 Å². The summed E-state index contributed by atoms with van der Waals surface area (Å²) in [5.41, 5.74) is 1.99. The third kappa shape index (κ3) is 2.37. The van der Waals surface area contributed by atoms with Gasteiger partial charge in [0.15, 0.2) is 5.76 Å². The Kier molecular flexibility index (Phi) is 3.57. The van der Waals surface area contributed by atoms with Gasteiger partial charge in [-0.05, 0) is 31.5 Å². The lowest BCUT2D eigenvalue weighted by Gasteiger charge is -2.17. The average molecular weight is 327 g/mol. The van der Waals surface area contributed by atoms with E-state index in [-0.39, 0.29) is 18.4 Å². The van der Waals surface area contributed by atoms with Gasteiger partial charge in [-0.15, -0.1) is 0 Å². The molecule has 4 heterocycles. The van der Waals surface area contributed by atoms with E-state index in [1.54, 1.807) is 36.3 Å². The summed E-state index contributed by atoms with van der Waals surface area (Å²) in [6, 6.07) is 5.27. The molecule has 0 radical (unpaired) electrons. The van der Waals surface area contributed by atoms with Crippen LogP contribution in [-0.2, 0) is 0 Å². The molecule has 1 unspecified atom stereocenters. The molecule has 3 aromatic heterocycles.